The molecule has 5 rings (SSSR count). The number of benzene rings is 1. The van der Waals surface area contributed by atoms with Crippen molar-refractivity contribution >= 4 is 39.1 Å². The number of nitrogens with one attached hydrogen (secondary N) is 2. The van der Waals surface area contributed by atoms with E-state index >= 15 is 0 Å². The van der Waals surface area contributed by atoms with Crippen LogP contribution in [0.5, 0.6) is 5.88 Å². The predicted molar refractivity (Wildman–Crippen MR) is 117 cm³/mol. The van der Waals surface area contributed by atoms with Crippen molar-refractivity contribution in [3.63, 3.8) is 0 Å². The standard InChI is InChI=1S/C20H23ClN6O2S/c1-11-9-14-13(10-23-26-14)16(17(11)21)15-4-3-12-18(27-7-5-22-6-8-27)24-20(30(2)28)25-19(12)29-15/h9-10,15,22H,3-8H2,1-2H3,(H,23,26). The lowest BCUT2D eigenvalue weighted by molar-refractivity contribution is 0.167. The van der Waals surface area contributed by atoms with Gasteiger partial charge in [0, 0.05) is 43.4 Å². The molecule has 0 spiro atoms. The van der Waals surface area contributed by atoms with Gasteiger partial charge in [0.25, 0.3) is 0 Å². The maximum absolute atomic E-state index is 12.2. The minimum atomic E-state index is -1.31. The second-order valence-corrected chi connectivity index (χ2v) is 9.35. The van der Waals surface area contributed by atoms with Gasteiger partial charge in [-0.05, 0) is 31.4 Å². The van der Waals surface area contributed by atoms with Gasteiger partial charge in [0.2, 0.25) is 11.0 Å². The quantitative estimate of drug-likeness (QED) is 0.597. The molecule has 0 bridgehead atoms. The van der Waals surface area contributed by atoms with Gasteiger partial charge in [0.15, 0.2) is 0 Å². The largest absolute Gasteiger partial charge is 0.469 e. The summed E-state index contributed by atoms with van der Waals surface area (Å²) in [5.74, 6) is 1.35. The van der Waals surface area contributed by atoms with Crippen LogP contribution in [0.2, 0.25) is 5.02 Å². The summed E-state index contributed by atoms with van der Waals surface area (Å²) in [4.78, 5) is 11.4. The van der Waals surface area contributed by atoms with Gasteiger partial charge in [-0.3, -0.25) is 9.31 Å². The van der Waals surface area contributed by atoms with Crippen LogP contribution in [-0.2, 0) is 17.2 Å². The van der Waals surface area contributed by atoms with Crippen molar-refractivity contribution in [2.24, 2.45) is 0 Å². The molecule has 0 aliphatic carbocycles. The summed E-state index contributed by atoms with van der Waals surface area (Å²) in [6.07, 6.45) is 4.64. The average molecular weight is 447 g/mol. The molecule has 2 atom stereocenters. The third-order valence-electron chi connectivity index (χ3n) is 5.74. The first-order valence-electron chi connectivity index (χ1n) is 10.0. The molecule has 1 saturated heterocycles. The molecule has 0 radical (unpaired) electrons. The highest BCUT2D eigenvalue weighted by molar-refractivity contribution is 7.84. The van der Waals surface area contributed by atoms with Crippen LogP contribution < -0.4 is 15.0 Å². The maximum atomic E-state index is 12.2. The number of rotatable bonds is 3. The first kappa shape index (κ1) is 19.7. The van der Waals surface area contributed by atoms with Gasteiger partial charge in [-0.1, -0.05) is 11.6 Å². The number of nitrogens with zero attached hydrogens (tertiary/aromatic N) is 4. The van der Waals surface area contributed by atoms with Crippen LogP contribution in [0.25, 0.3) is 10.9 Å². The first-order chi connectivity index (χ1) is 14.5. The number of piperazine rings is 1. The summed E-state index contributed by atoms with van der Waals surface area (Å²) in [6.45, 7) is 5.46. The Kier molecular flexibility index (Phi) is 5.12. The molecular weight excluding hydrogens is 424 g/mol. The average Bonchev–Trinajstić information content (AvgIpc) is 3.21. The zero-order valence-electron chi connectivity index (χ0n) is 16.9. The smallest absolute Gasteiger partial charge is 0.223 e. The van der Waals surface area contributed by atoms with E-state index in [4.69, 9.17) is 16.3 Å². The molecule has 4 heterocycles. The fraction of sp³-hybridized carbons (Fsp3) is 0.450. The summed E-state index contributed by atoms with van der Waals surface area (Å²) < 4.78 is 18.6. The third-order valence-corrected chi connectivity index (χ3v) is 6.93. The van der Waals surface area contributed by atoms with Crippen molar-refractivity contribution in [2.45, 2.75) is 31.0 Å². The lowest BCUT2D eigenvalue weighted by atomic mass is 9.95. The number of aromatic amines is 1. The maximum Gasteiger partial charge on any atom is 0.223 e. The van der Waals surface area contributed by atoms with Crippen LogP contribution in [0.15, 0.2) is 17.4 Å². The Morgan fingerprint density at radius 2 is 2.10 bits per heavy atom. The Bertz CT molecular complexity index is 1140. The van der Waals surface area contributed by atoms with Crippen molar-refractivity contribution < 1.29 is 8.95 Å². The van der Waals surface area contributed by atoms with Crippen LogP contribution >= 0.6 is 11.6 Å². The van der Waals surface area contributed by atoms with Crippen LogP contribution in [0.4, 0.5) is 5.82 Å². The number of halogens is 1. The molecule has 0 saturated carbocycles. The Hall–Kier alpha value is -2.23. The molecule has 3 aromatic rings. The Morgan fingerprint density at radius 1 is 1.30 bits per heavy atom. The van der Waals surface area contributed by atoms with Crippen LogP contribution in [0.1, 0.15) is 29.2 Å². The number of hydrogen-bond donors (Lipinski definition) is 2. The second-order valence-electron chi connectivity index (χ2n) is 7.70. The number of aryl methyl sites for hydroxylation is 1. The van der Waals surface area contributed by atoms with E-state index in [1.165, 1.54) is 0 Å². The highest BCUT2D eigenvalue weighted by Crippen LogP contribution is 2.43. The van der Waals surface area contributed by atoms with Crippen LogP contribution in [-0.4, -0.2) is 56.8 Å². The van der Waals surface area contributed by atoms with Crippen LogP contribution in [0, 0.1) is 6.92 Å². The third kappa shape index (κ3) is 3.34. The molecule has 2 aliphatic rings. The van der Waals surface area contributed by atoms with Crippen molar-refractivity contribution in [3.05, 3.63) is 34.0 Å². The summed E-state index contributed by atoms with van der Waals surface area (Å²) in [5.41, 5.74) is 3.81. The molecule has 1 fully saturated rings. The van der Waals surface area contributed by atoms with E-state index in [2.05, 4.69) is 30.4 Å². The molecule has 2 unspecified atom stereocenters. The van der Waals surface area contributed by atoms with E-state index in [0.717, 1.165) is 72.4 Å². The van der Waals surface area contributed by atoms with E-state index in [0.29, 0.717) is 16.1 Å². The van der Waals surface area contributed by atoms with Gasteiger partial charge in [-0.2, -0.15) is 10.1 Å². The normalized spacial score (nSPS) is 20.1. The Balaban J connectivity index is 1.59. The highest BCUT2D eigenvalue weighted by Gasteiger charge is 2.32. The van der Waals surface area contributed by atoms with E-state index in [1.807, 2.05) is 13.0 Å². The molecule has 2 aromatic heterocycles. The summed E-state index contributed by atoms with van der Waals surface area (Å²) >= 11 is 6.71. The topological polar surface area (TPSA) is 96.0 Å². The Labute approximate surface area is 181 Å². The van der Waals surface area contributed by atoms with E-state index in [1.54, 1.807) is 12.5 Å². The van der Waals surface area contributed by atoms with Gasteiger partial charge in [0.05, 0.1) is 33.1 Å². The van der Waals surface area contributed by atoms with Crippen LogP contribution in [0.3, 0.4) is 0 Å². The number of hydrogen-bond acceptors (Lipinski definition) is 7. The molecule has 10 heteroatoms. The minimum Gasteiger partial charge on any atom is -0.469 e. The zero-order valence-corrected chi connectivity index (χ0v) is 18.4. The van der Waals surface area contributed by atoms with Gasteiger partial charge >= 0.3 is 0 Å². The highest BCUT2D eigenvalue weighted by atomic mass is 35.5. The molecule has 8 nitrogen and oxygen atoms in total. The molecule has 30 heavy (non-hydrogen) atoms. The molecule has 1 aromatic carbocycles. The first-order valence-corrected chi connectivity index (χ1v) is 11.9. The lowest BCUT2D eigenvalue weighted by Crippen LogP contribution is -2.44. The molecule has 158 valence electrons. The minimum absolute atomic E-state index is 0.256. The molecule has 0 amide bonds. The zero-order chi connectivity index (χ0) is 20.8. The van der Waals surface area contributed by atoms with Gasteiger partial charge in [-0.25, -0.2) is 4.98 Å². The van der Waals surface area contributed by atoms with Gasteiger partial charge < -0.3 is 15.0 Å². The van der Waals surface area contributed by atoms with Gasteiger partial charge in [-0.15, -0.1) is 0 Å². The van der Waals surface area contributed by atoms with Crippen molar-refractivity contribution in [1.29, 1.82) is 0 Å². The number of ether oxygens (including phenoxy) is 1. The van der Waals surface area contributed by atoms with E-state index in [9.17, 15) is 4.21 Å². The fourth-order valence-electron chi connectivity index (χ4n) is 4.23. The van der Waals surface area contributed by atoms with E-state index < -0.39 is 10.8 Å². The van der Waals surface area contributed by atoms with Crippen molar-refractivity contribution in [2.75, 3.05) is 37.3 Å². The second kappa shape index (κ2) is 7.79. The summed E-state index contributed by atoms with van der Waals surface area (Å²) in [6, 6.07) is 1.99. The fourth-order valence-corrected chi connectivity index (χ4v) is 4.94. The van der Waals surface area contributed by atoms with Gasteiger partial charge in [0.1, 0.15) is 11.9 Å². The molecule has 2 N–H and O–H groups in total. The van der Waals surface area contributed by atoms with E-state index in [-0.39, 0.29) is 6.10 Å². The summed E-state index contributed by atoms with van der Waals surface area (Å²) in [5, 5.41) is 12.5. The number of aromatic nitrogens is 4. The molecular formula is C20H23ClN6O2S. The number of anilines is 1. The Morgan fingerprint density at radius 3 is 2.87 bits per heavy atom. The molecule has 2 aliphatic heterocycles. The monoisotopic (exact) mass is 446 g/mol. The predicted octanol–water partition coefficient (Wildman–Crippen LogP) is 2.53. The number of fused-ring (bicyclic) bond motifs is 2. The SMILES string of the molecule is Cc1cc2[nH]ncc2c(C2CCc3c(nc(S(C)=O)nc3N3CCNCC3)O2)c1Cl. The van der Waals surface area contributed by atoms with Crippen molar-refractivity contribution in [3.8, 4) is 5.88 Å². The summed E-state index contributed by atoms with van der Waals surface area (Å²) in [7, 11) is -1.31. The lowest BCUT2D eigenvalue weighted by Gasteiger charge is -2.33. The van der Waals surface area contributed by atoms with Crippen molar-refractivity contribution in [1.82, 2.24) is 25.5 Å². The number of H-pyrrole nitrogens is 1.